The average molecular weight is 284 g/mol. The van der Waals surface area contributed by atoms with Crippen molar-refractivity contribution in [2.45, 2.75) is 6.92 Å². The number of aromatic nitrogens is 1. The minimum atomic E-state index is 0.610. The second-order valence-electron chi connectivity index (χ2n) is 2.99. The first-order valence-corrected chi connectivity index (χ1v) is 5.07. The summed E-state index contributed by atoms with van der Waals surface area (Å²) in [4.78, 5) is 4.12. The van der Waals surface area contributed by atoms with Gasteiger partial charge in [0.15, 0.2) is 0 Å². The predicted molar refractivity (Wildman–Crippen MR) is 63.6 cm³/mol. The van der Waals surface area contributed by atoms with Crippen molar-refractivity contribution < 1.29 is 0 Å². The van der Waals surface area contributed by atoms with E-state index in [0.717, 1.165) is 8.96 Å². The van der Waals surface area contributed by atoms with Crippen LogP contribution in [0.5, 0.6) is 0 Å². The topological polar surface area (TPSA) is 38.9 Å². The van der Waals surface area contributed by atoms with Gasteiger partial charge in [0, 0.05) is 20.5 Å². The van der Waals surface area contributed by atoms with E-state index in [9.17, 15) is 0 Å². The zero-order chi connectivity index (χ0) is 9.42. The molecule has 0 aliphatic rings. The van der Waals surface area contributed by atoms with Crippen LogP contribution in [0.1, 0.15) is 5.56 Å². The Morgan fingerprint density at radius 3 is 2.85 bits per heavy atom. The van der Waals surface area contributed by atoms with Gasteiger partial charge in [-0.15, -0.1) is 0 Å². The number of benzene rings is 1. The highest BCUT2D eigenvalue weighted by Crippen LogP contribution is 2.26. The largest absolute Gasteiger partial charge is 0.383 e. The maximum Gasteiger partial charge on any atom is 0.131 e. The van der Waals surface area contributed by atoms with Crippen molar-refractivity contribution in [2.24, 2.45) is 0 Å². The third-order valence-electron chi connectivity index (χ3n) is 2.10. The summed E-state index contributed by atoms with van der Waals surface area (Å²) < 4.78 is 1.15. The van der Waals surface area contributed by atoms with Crippen LogP contribution in [0.25, 0.3) is 10.8 Å². The van der Waals surface area contributed by atoms with E-state index >= 15 is 0 Å². The lowest BCUT2D eigenvalue weighted by atomic mass is 10.1. The predicted octanol–water partition coefficient (Wildman–Crippen LogP) is 2.73. The summed E-state index contributed by atoms with van der Waals surface area (Å²) in [5.41, 5.74) is 7.03. The van der Waals surface area contributed by atoms with Gasteiger partial charge in [-0.05, 0) is 35.1 Å². The van der Waals surface area contributed by atoms with Gasteiger partial charge in [-0.25, -0.2) is 4.98 Å². The molecule has 2 nitrogen and oxygen atoms in total. The fraction of sp³-hybridized carbons (Fsp3) is 0.100. The molecule has 2 aromatic rings. The Morgan fingerprint density at radius 2 is 2.15 bits per heavy atom. The number of hydrogen-bond acceptors (Lipinski definition) is 2. The summed E-state index contributed by atoms with van der Waals surface area (Å²) in [7, 11) is 0. The molecule has 0 saturated carbocycles. The molecule has 0 radical (unpaired) electrons. The lowest BCUT2D eigenvalue weighted by molar-refractivity contribution is 1.34. The summed E-state index contributed by atoms with van der Waals surface area (Å²) >= 11 is 2.28. The standard InChI is InChI=1S/C10H9IN2/c1-6-3-2-4-7-9(6)8(11)5-13-10(7)12/h2-5H,1H3,(H2,12,13). The number of hydrogen-bond donors (Lipinski definition) is 1. The molecule has 13 heavy (non-hydrogen) atoms. The van der Waals surface area contributed by atoms with Crippen LogP contribution in [0.4, 0.5) is 5.82 Å². The van der Waals surface area contributed by atoms with E-state index in [-0.39, 0.29) is 0 Å². The lowest BCUT2D eigenvalue weighted by Crippen LogP contribution is -1.94. The third kappa shape index (κ3) is 1.37. The van der Waals surface area contributed by atoms with Gasteiger partial charge >= 0.3 is 0 Å². The van der Waals surface area contributed by atoms with Crippen molar-refractivity contribution in [3.05, 3.63) is 33.5 Å². The highest BCUT2D eigenvalue weighted by molar-refractivity contribution is 14.1. The molecule has 66 valence electrons. The van der Waals surface area contributed by atoms with Crippen LogP contribution in [-0.4, -0.2) is 4.98 Å². The lowest BCUT2D eigenvalue weighted by Gasteiger charge is -2.05. The normalized spacial score (nSPS) is 10.6. The number of pyridine rings is 1. The molecule has 0 bridgehead atoms. The molecule has 2 N–H and O–H groups in total. The summed E-state index contributed by atoms with van der Waals surface area (Å²) in [6.45, 7) is 2.09. The fourth-order valence-electron chi connectivity index (χ4n) is 1.46. The van der Waals surface area contributed by atoms with Crippen LogP contribution in [0, 0.1) is 10.5 Å². The Kier molecular flexibility index (Phi) is 2.11. The van der Waals surface area contributed by atoms with Gasteiger partial charge in [0.05, 0.1) is 0 Å². The van der Waals surface area contributed by atoms with Crippen molar-refractivity contribution in [3.63, 3.8) is 0 Å². The van der Waals surface area contributed by atoms with Crippen molar-refractivity contribution in [1.29, 1.82) is 0 Å². The number of rotatable bonds is 0. The van der Waals surface area contributed by atoms with Crippen LogP contribution in [0.15, 0.2) is 24.4 Å². The van der Waals surface area contributed by atoms with E-state index < -0.39 is 0 Å². The second kappa shape index (κ2) is 3.14. The minimum Gasteiger partial charge on any atom is -0.383 e. The molecule has 0 unspecified atom stereocenters. The van der Waals surface area contributed by atoms with Crippen LogP contribution in [-0.2, 0) is 0 Å². The van der Waals surface area contributed by atoms with Crippen molar-refractivity contribution in [1.82, 2.24) is 4.98 Å². The molecular weight excluding hydrogens is 275 g/mol. The number of nitrogen functional groups attached to an aromatic ring is 1. The SMILES string of the molecule is Cc1cccc2c(N)ncc(I)c12. The van der Waals surface area contributed by atoms with E-state index in [1.165, 1.54) is 10.9 Å². The molecule has 0 fully saturated rings. The van der Waals surface area contributed by atoms with E-state index in [1.54, 1.807) is 0 Å². The zero-order valence-electron chi connectivity index (χ0n) is 7.21. The Morgan fingerprint density at radius 1 is 1.38 bits per heavy atom. The molecule has 0 spiro atoms. The molecule has 0 atom stereocenters. The molecule has 0 aliphatic heterocycles. The number of nitrogens with two attached hydrogens (primary N) is 1. The number of fused-ring (bicyclic) bond motifs is 1. The quantitative estimate of drug-likeness (QED) is 0.755. The molecule has 1 aromatic carbocycles. The van der Waals surface area contributed by atoms with Gasteiger partial charge < -0.3 is 5.73 Å². The van der Waals surface area contributed by atoms with Crippen molar-refractivity contribution >= 4 is 39.2 Å². The average Bonchev–Trinajstić information content (AvgIpc) is 2.12. The molecule has 0 amide bonds. The summed E-state index contributed by atoms with van der Waals surface area (Å²) in [5.74, 6) is 0.610. The minimum absolute atomic E-state index is 0.610. The molecule has 3 heteroatoms. The van der Waals surface area contributed by atoms with Gasteiger partial charge in [0.25, 0.3) is 0 Å². The van der Waals surface area contributed by atoms with E-state index in [4.69, 9.17) is 5.73 Å². The molecular formula is C10H9IN2. The fourth-order valence-corrected chi connectivity index (χ4v) is 2.31. The molecule has 1 aromatic heterocycles. The Labute approximate surface area is 90.3 Å². The number of aryl methyl sites for hydroxylation is 1. The summed E-state index contributed by atoms with van der Waals surface area (Å²) in [6, 6.07) is 6.10. The maximum absolute atomic E-state index is 5.78. The smallest absolute Gasteiger partial charge is 0.131 e. The molecule has 0 aliphatic carbocycles. The number of anilines is 1. The highest BCUT2D eigenvalue weighted by Gasteiger charge is 2.04. The first-order valence-electron chi connectivity index (χ1n) is 3.99. The molecule has 0 saturated heterocycles. The molecule has 2 rings (SSSR count). The third-order valence-corrected chi connectivity index (χ3v) is 2.92. The first-order chi connectivity index (χ1) is 6.20. The van der Waals surface area contributed by atoms with Gasteiger partial charge in [-0.1, -0.05) is 18.2 Å². The van der Waals surface area contributed by atoms with Gasteiger partial charge in [0.1, 0.15) is 5.82 Å². The summed E-state index contributed by atoms with van der Waals surface area (Å²) in [6.07, 6.45) is 1.81. The Hall–Kier alpha value is -0.840. The van der Waals surface area contributed by atoms with Crippen molar-refractivity contribution in [2.75, 3.05) is 5.73 Å². The Balaban J connectivity index is 3.00. The van der Waals surface area contributed by atoms with E-state index in [0.29, 0.717) is 5.82 Å². The van der Waals surface area contributed by atoms with Crippen LogP contribution >= 0.6 is 22.6 Å². The van der Waals surface area contributed by atoms with Gasteiger partial charge in [0.2, 0.25) is 0 Å². The van der Waals surface area contributed by atoms with Crippen LogP contribution in [0.2, 0.25) is 0 Å². The summed E-state index contributed by atoms with van der Waals surface area (Å²) in [5, 5.41) is 2.27. The van der Waals surface area contributed by atoms with Crippen LogP contribution < -0.4 is 5.73 Å². The number of nitrogens with zero attached hydrogens (tertiary/aromatic N) is 1. The Bertz CT molecular complexity index is 457. The zero-order valence-corrected chi connectivity index (χ0v) is 9.37. The highest BCUT2D eigenvalue weighted by atomic mass is 127. The second-order valence-corrected chi connectivity index (χ2v) is 4.15. The monoisotopic (exact) mass is 284 g/mol. The van der Waals surface area contributed by atoms with Gasteiger partial charge in [-0.3, -0.25) is 0 Å². The van der Waals surface area contributed by atoms with Crippen LogP contribution in [0.3, 0.4) is 0 Å². The van der Waals surface area contributed by atoms with Gasteiger partial charge in [-0.2, -0.15) is 0 Å². The maximum atomic E-state index is 5.78. The first kappa shape index (κ1) is 8.74. The van der Waals surface area contributed by atoms with Crippen molar-refractivity contribution in [3.8, 4) is 0 Å². The van der Waals surface area contributed by atoms with E-state index in [1.807, 2.05) is 18.3 Å². The number of halogens is 1. The van der Waals surface area contributed by atoms with E-state index in [2.05, 4.69) is 40.6 Å². The molecule has 1 heterocycles.